The highest BCUT2D eigenvalue weighted by Gasteiger charge is 2.38. The number of aryl methyl sites for hydroxylation is 2. The molecule has 0 aliphatic rings. The van der Waals surface area contributed by atoms with E-state index >= 15 is 0 Å². The standard InChI is InChI=1S/C7H9N.C2HF3O2/c1-6-4-3-5-7(2)8-6;3-2(4,5)1(6)7/h3-5H,1-2H3;(H,6,7). The van der Waals surface area contributed by atoms with E-state index in [9.17, 15) is 13.2 Å². The van der Waals surface area contributed by atoms with Gasteiger partial charge in [-0.15, -0.1) is 0 Å². The predicted octanol–water partition coefficient (Wildman–Crippen LogP) is 2.33. The minimum absolute atomic E-state index is 1.09. The van der Waals surface area contributed by atoms with E-state index in [2.05, 4.69) is 4.98 Å². The van der Waals surface area contributed by atoms with Crippen LogP contribution in [0.5, 0.6) is 0 Å². The first-order valence-corrected chi connectivity index (χ1v) is 3.94. The Morgan fingerprint density at radius 3 is 1.73 bits per heavy atom. The number of hydrogen-bond donors (Lipinski definition) is 1. The molecule has 0 aliphatic carbocycles. The van der Waals surface area contributed by atoms with E-state index in [-0.39, 0.29) is 0 Å². The third kappa shape index (κ3) is 6.48. The minimum atomic E-state index is -5.08. The Hall–Kier alpha value is -1.59. The third-order valence-electron chi connectivity index (χ3n) is 1.27. The van der Waals surface area contributed by atoms with E-state index in [0.717, 1.165) is 11.4 Å². The number of pyridine rings is 1. The van der Waals surface area contributed by atoms with E-state index in [0.29, 0.717) is 0 Å². The monoisotopic (exact) mass is 221 g/mol. The maximum absolute atomic E-state index is 10.6. The topological polar surface area (TPSA) is 50.2 Å². The van der Waals surface area contributed by atoms with Crippen LogP contribution in [0, 0.1) is 13.8 Å². The average molecular weight is 221 g/mol. The molecular weight excluding hydrogens is 211 g/mol. The molecule has 0 aromatic carbocycles. The van der Waals surface area contributed by atoms with Crippen molar-refractivity contribution in [3.05, 3.63) is 29.6 Å². The quantitative estimate of drug-likeness (QED) is 0.731. The minimum Gasteiger partial charge on any atom is -0.475 e. The first kappa shape index (κ1) is 13.4. The van der Waals surface area contributed by atoms with Gasteiger partial charge < -0.3 is 5.11 Å². The van der Waals surface area contributed by atoms with Crippen molar-refractivity contribution in [2.24, 2.45) is 0 Å². The zero-order valence-electron chi connectivity index (χ0n) is 8.17. The van der Waals surface area contributed by atoms with Crippen molar-refractivity contribution < 1.29 is 23.1 Å². The molecule has 0 spiro atoms. The van der Waals surface area contributed by atoms with Crippen LogP contribution in [-0.4, -0.2) is 22.2 Å². The number of carboxylic acid groups (broad SMARTS) is 1. The highest BCUT2D eigenvalue weighted by Crippen LogP contribution is 2.13. The van der Waals surface area contributed by atoms with Crippen molar-refractivity contribution in [3.8, 4) is 0 Å². The smallest absolute Gasteiger partial charge is 0.475 e. The average Bonchev–Trinajstić information content (AvgIpc) is 2.02. The second-order valence-corrected chi connectivity index (χ2v) is 2.72. The molecule has 1 rings (SSSR count). The first-order valence-electron chi connectivity index (χ1n) is 3.94. The Morgan fingerprint density at radius 2 is 1.60 bits per heavy atom. The van der Waals surface area contributed by atoms with Gasteiger partial charge in [0.05, 0.1) is 0 Å². The van der Waals surface area contributed by atoms with Crippen LogP contribution in [0.2, 0.25) is 0 Å². The highest BCUT2D eigenvalue weighted by molar-refractivity contribution is 5.73. The lowest BCUT2D eigenvalue weighted by atomic mass is 10.3. The molecule has 0 amide bonds. The number of carbonyl (C=O) groups is 1. The van der Waals surface area contributed by atoms with Crippen LogP contribution in [0.15, 0.2) is 18.2 Å². The summed E-state index contributed by atoms with van der Waals surface area (Å²) in [6.07, 6.45) is -5.08. The largest absolute Gasteiger partial charge is 0.490 e. The molecule has 15 heavy (non-hydrogen) atoms. The van der Waals surface area contributed by atoms with Crippen molar-refractivity contribution in [1.29, 1.82) is 0 Å². The number of aromatic nitrogens is 1. The number of carboxylic acids is 1. The Kier molecular flexibility index (Phi) is 4.77. The number of rotatable bonds is 0. The van der Waals surface area contributed by atoms with Gasteiger partial charge in [-0.3, -0.25) is 4.98 Å². The molecule has 0 saturated carbocycles. The number of aliphatic carboxylic acids is 1. The fraction of sp³-hybridized carbons (Fsp3) is 0.333. The van der Waals surface area contributed by atoms with Crippen molar-refractivity contribution in [2.45, 2.75) is 20.0 Å². The molecule has 3 nitrogen and oxygen atoms in total. The van der Waals surface area contributed by atoms with Crippen molar-refractivity contribution in [1.82, 2.24) is 4.98 Å². The maximum Gasteiger partial charge on any atom is 0.490 e. The van der Waals surface area contributed by atoms with Gasteiger partial charge in [0, 0.05) is 11.4 Å². The van der Waals surface area contributed by atoms with Gasteiger partial charge in [-0.05, 0) is 26.0 Å². The van der Waals surface area contributed by atoms with Crippen LogP contribution >= 0.6 is 0 Å². The Balaban J connectivity index is 0.000000265. The van der Waals surface area contributed by atoms with E-state index in [1.165, 1.54) is 0 Å². The second-order valence-electron chi connectivity index (χ2n) is 2.72. The van der Waals surface area contributed by atoms with Crippen molar-refractivity contribution in [2.75, 3.05) is 0 Å². The van der Waals surface area contributed by atoms with Gasteiger partial charge in [-0.2, -0.15) is 13.2 Å². The van der Waals surface area contributed by atoms with E-state index < -0.39 is 12.1 Å². The number of nitrogens with zero attached hydrogens (tertiary/aromatic N) is 1. The molecule has 1 aromatic heterocycles. The van der Waals surface area contributed by atoms with Crippen molar-refractivity contribution in [3.63, 3.8) is 0 Å². The number of alkyl halides is 3. The van der Waals surface area contributed by atoms with Gasteiger partial charge in [0.15, 0.2) is 0 Å². The molecule has 1 heterocycles. The summed E-state index contributed by atoms with van der Waals surface area (Å²) in [5, 5.41) is 7.12. The fourth-order valence-electron chi connectivity index (χ4n) is 0.679. The third-order valence-corrected chi connectivity index (χ3v) is 1.27. The summed E-state index contributed by atoms with van der Waals surface area (Å²) in [5.74, 6) is -2.76. The maximum atomic E-state index is 10.6. The summed E-state index contributed by atoms with van der Waals surface area (Å²) in [6, 6.07) is 6.00. The van der Waals surface area contributed by atoms with Gasteiger partial charge in [-0.25, -0.2) is 4.79 Å². The molecule has 0 bridgehead atoms. The van der Waals surface area contributed by atoms with Crippen LogP contribution in [0.1, 0.15) is 11.4 Å². The van der Waals surface area contributed by atoms with Gasteiger partial charge in [0.25, 0.3) is 0 Å². The molecule has 0 fully saturated rings. The first-order chi connectivity index (χ1) is 6.73. The Labute approximate surface area is 84.6 Å². The highest BCUT2D eigenvalue weighted by atomic mass is 19.4. The van der Waals surface area contributed by atoms with Crippen LogP contribution in [0.4, 0.5) is 13.2 Å². The van der Waals surface area contributed by atoms with Crippen LogP contribution in [0.3, 0.4) is 0 Å². The van der Waals surface area contributed by atoms with Crippen LogP contribution in [-0.2, 0) is 4.79 Å². The molecule has 0 unspecified atom stereocenters. The van der Waals surface area contributed by atoms with Gasteiger partial charge in [0.2, 0.25) is 0 Å². The Bertz CT molecular complexity index is 319. The van der Waals surface area contributed by atoms with Gasteiger partial charge in [0.1, 0.15) is 0 Å². The van der Waals surface area contributed by atoms with E-state index in [1.807, 2.05) is 32.0 Å². The van der Waals surface area contributed by atoms with Crippen molar-refractivity contribution >= 4 is 5.97 Å². The summed E-state index contributed by atoms with van der Waals surface area (Å²) in [5.41, 5.74) is 2.18. The molecular formula is C9H10F3NO2. The molecule has 84 valence electrons. The normalized spacial score (nSPS) is 10.2. The zero-order valence-corrected chi connectivity index (χ0v) is 8.17. The molecule has 1 N–H and O–H groups in total. The number of halogens is 3. The fourth-order valence-corrected chi connectivity index (χ4v) is 0.679. The summed E-state index contributed by atoms with van der Waals surface area (Å²) < 4.78 is 31.7. The lowest BCUT2D eigenvalue weighted by Gasteiger charge is -1.93. The second kappa shape index (κ2) is 5.33. The summed E-state index contributed by atoms with van der Waals surface area (Å²) in [4.78, 5) is 13.1. The summed E-state index contributed by atoms with van der Waals surface area (Å²) in [6.45, 7) is 3.99. The van der Waals surface area contributed by atoms with E-state index in [4.69, 9.17) is 9.90 Å². The summed E-state index contributed by atoms with van der Waals surface area (Å²) in [7, 11) is 0. The zero-order chi connectivity index (χ0) is 12.1. The molecule has 0 atom stereocenters. The van der Waals surface area contributed by atoms with E-state index in [1.54, 1.807) is 0 Å². The molecule has 6 heteroatoms. The van der Waals surface area contributed by atoms with Gasteiger partial charge in [-0.1, -0.05) is 6.07 Å². The SMILES string of the molecule is Cc1cccc(C)n1.O=C(O)C(F)(F)F. The lowest BCUT2D eigenvalue weighted by Crippen LogP contribution is -2.21. The number of hydrogen-bond acceptors (Lipinski definition) is 2. The van der Waals surface area contributed by atoms with Crippen LogP contribution in [0.25, 0.3) is 0 Å². The van der Waals surface area contributed by atoms with Crippen LogP contribution < -0.4 is 0 Å². The summed E-state index contributed by atoms with van der Waals surface area (Å²) >= 11 is 0. The Morgan fingerprint density at radius 1 is 1.27 bits per heavy atom. The molecule has 0 radical (unpaired) electrons. The molecule has 1 aromatic rings. The van der Waals surface area contributed by atoms with Gasteiger partial charge >= 0.3 is 12.1 Å². The molecule has 0 saturated heterocycles. The molecule has 0 aliphatic heterocycles. The predicted molar refractivity (Wildman–Crippen MR) is 47.4 cm³/mol. The lowest BCUT2D eigenvalue weighted by molar-refractivity contribution is -0.192.